The summed E-state index contributed by atoms with van der Waals surface area (Å²) in [5.74, 6) is 1.43. The molecule has 1 N–H and O–H groups in total. The zero-order chi connectivity index (χ0) is 18.0. The molecular weight excluding hydrogens is 318 g/mol. The number of amides is 1. The summed E-state index contributed by atoms with van der Waals surface area (Å²) in [5, 5.41) is 7.78. The Bertz CT molecular complexity index is 595. The average Bonchev–Trinajstić information content (AvgIpc) is 3.23. The quantitative estimate of drug-likeness (QED) is 0.904. The number of aromatic nitrogens is 3. The van der Waals surface area contributed by atoms with Crippen molar-refractivity contribution in [2.24, 2.45) is 13.0 Å². The fourth-order valence-corrected chi connectivity index (χ4v) is 4.19. The molecule has 1 aromatic rings. The summed E-state index contributed by atoms with van der Waals surface area (Å²) in [7, 11) is 1.91. The van der Waals surface area contributed by atoms with Crippen LogP contribution in [0.25, 0.3) is 0 Å². The second-order valence-electron chi connectivity index (χ2n) is 8.27. The lowest BCUT2D eigenvalue weighted by atomic mass is 9.92. The standard InChI is InChI=1S/C18H31N5O2/c1-18(2,3)25-17(24)23-10-6-9-15(23)13-7-5-8-14(13)19-11-16-20-12-21-22(16)4/h12-15,19H,5-11H2,1-4H3/t13-,14+,15-/m0/s1. The van der Waals surface area contributed by atoms with E-state index in [0.29, 0.717) is 12.0 Å². The van der Waals surface area contributed by atoms with Crippen molar-refractivity contribution in [2.45, 2.75) is 77.1 Å². The number of hydrogen-bond acceptors (Lipinski definition) is 5. The van der Waals surface area contributed by atoms with E-state index in [1.807, 2.05) is 32.7 Å². The van der Waals surface area contributed by atoms with Crippen molar-refractivity contribution in [1.29, 1.82) is 0 Å². The zero-order valence-electron chi connectivity index (χ0n) is 15.9. The van der Waals surface area contributed by atoms with Gasteiger partial charge >= 0.3 is 6.09 Å². The van der Waals surface area contributed by atoms with Crippen LogP contribution in [0.3, 0.4) is 0 Å². The molecule has 3 atom stereocenters. The van der Waals surface area contributed by atoms with Gasteiger partial charge in [0.25, 0.3) is 0 Å². The molecule has 2 fully saturated rings. The van der Waals surface area contributed by atoms with Gasteiger partial charge < -0.3 is 15.0 Å². The van der Waals surface area contributed by atoms with Crippen molar-refractivity contribution >= 4 is 6.09 Å². The van der Waals surface area contributed by atoms with Gasteiger partial charge in [-0.2, -0.15) is 5.10 Å². The van der Waals surface area contributed by atoms with Crippen LogP contribution in [0, 0.1) is 5.92 Å². The predicted octanol–water partition coefficient (Wildman–Crippen LogP) is 2.47. The van der Waals surface area contributed by atoms with Crippen LogP contribution < -0.4 is 5.32 Å². The minimum Gasteiger partial charge on any atom is -0.444 e. The molecule has 1 aromatic heterocycles. The molecule has 140 valence electrons. The summed E-state index contributed by atoms with van der Waals surface area (Å²) in [4.78, 5) is 18.8. The van der Waals surface area contributed by atoms with Gasteiger partial charge in [0.15, 0.2) is 0 Å². The van der Waals surface area contributed by atoms with Crippen LogP contribution in [0.1, 0.15) is 58.7 Å². The monoisotopic (exact) mass is 349 g/mol. The summed E-state index contributed by atoms with van der Waals surface area (Å²) in [6.07, 6.45) is 7.10. The number of hydrogen-bond donors (Lipinski definition) is 1. The molecule has 1 aliphatic carbocycles. The van der Waals surface area contributed by atoms with Gasteiger partial charge in [-0.15, -0.1) is 0 Å². The van der Waals surface area contributed by atoms with Gasteiger partial charge in [0.05, 0.1) is 6.54 Å². The molecule has 0 bridgehead atoms. The molecule has 0 unspecified atom stereocenters. The predicted molar refractivity (Wildman–Crippen MR) is 94.9 cm³/mol. The van der Waals surface area contributed by atoms with Crippen LogP contribution in [0.4, 0.5) is 4.79 Å². The van der Waals surface area contributed by atoms with Crippen molar-refractivity contribution < 1.29 is 9.53 Å². The lowest BCUT2D eigenvalue weighted by Gasteiger charge is -2.34. The van der Waals surface area contributed by atoms with Gasteiger partial charge in [-0.1, -0.05) is 6.42 Å². The van der Waals surface area contributed by atoms with Crippen molar-refractivity contribution in [2.75, 3.05) is 6.54 Å². The summed E-state index contributed by atoms with van der Waals surface area (Å²) in [6, 6.07) is 0.707. The van der Waals surface area contributed by atoms with Crippen molar-refractivity contribution in [3.63, 3.8) is 0 Å². The first-order valence-corrected chi connectivity index (χ1v) is 9.41. The number of ether oxygens (including phenoxy) is 1. The second-order valence-corrected chi connectivity index (χ2v) is 8.27. The first-order chi connectivity index (χ1) is 11.8. The summed E-state index contributed by atoms with van der Waals surface area (Å²) in [5.41, 5.74) is -0.442. The van der Waals surface area contributed by atoms with Gasteiger partial charge in [-0.3, -0.25) is 4.68 Å². The maximum absolute atomic E-state index is 12.6. The Morgan fingerprint density at radius 3 is 2.80 bits per heavy atom. The number of carbonyl (C=O) groups is 1. The van der Waals surface area contributed by atoms with E-state index in [1.165, 1.54) is 12.8 Å². The maximum Gasteiger partial charge on any atom is 0.410 e. The van der Waals surface area contributed by atoms with Crippen LogP contribution in [-0.4, -0.2) is 50.0 Å². The number of likely N-dealkylation sites (tertiary alicyclic amines) is 1. The third-order valence-corrected chi connectivity index (χ3v) is 5.32. The topological polar surface area (TPSA) is 72.3 Å². The highest BCUT2D eigenvalue weighted by Crippen LogP contribution is 2.36. The molecule has 2 heterocycles. The van der Waals surface area contributed by atoms with Gasteiger partial charge in [-0.05, 0) is 52.4 Å². The molecule has 25 heavy (non-hydrogen) atoms. The number of aryl methyl sites for hydroxylation is 1. The molecule has 0 spiro atoms. The Balaban J connectivity index is 1.62. The first kappa shape index (κ1) is 18.2. The molecule has 1 saturated heterocycles. The molecule has 1 amide bonds. The van der Waals surface area contributed by atoms with Crippen LogP contribution in [0.2, 0.25) is 0 Å². The van der Waals surface area contributed by atoms with E-state index >= 15 is 0 Å². The Morgan fingerprint density at radius 2 is 2.12 bits per heavy atom. The molecule has 0 radical (unpaired) electrons. The third kappa shape index (κ3) is 4.32. The molecule has 1 aliphatic heterocycles. The van der Waals surface area contributed by atoms with Crippen LogP contribution in [0.15, 0.2) is 6.33 Å². The normalized spacial score (nSPS) is 27.0. The van der Waals surface area contributed by atoms with E-state index in [0.717, 1.165) is 38.2 Å². The zero-order valence-corrected chi connectivity index (χ0v) is 15.9. The summed E-state index contributed by atoms with van der Waals surface area (Å²) in [6.45, 7) is 7.31. The van der Waals surface area contributed by atoms with Crippen LogP contribution in [0.5, 0.6) is 0 Å². The SMILES string of the molecule is Cn1ncnc1CN[C@@H]1CCC[C@@H]1[C@@H]1CCCN1C(=O)OC(C)(C)C. The first-order valence-electron chi connectivity index (χ1n) is 9.41. The fourth-order valence-electron chi connectivity index (χ4n) is 4.19. The highest BCUT2D eigenvalue weighted by atomic mass is 16.6. The highest BCUT2D eigenvalue weighted by molar-refractivity contribution is 5.69. The highest BCUT2D eigenvalue weighted by Gasteiger charge is 2.41. The molecular formula is C18H31N5O2. The number of nitrogens with zero attached hydrogens (tertiary/aromatic N) is 4. The van der Waals surface area contributed by atoms with E-state index in [-0.39, 0.29) is 12.1 Å². The molecule has 3 rings (SSSR count). The molecule has 0 aromatic carbocycles. The largest absolute Gasteiger partial charge is 0.444 e. The van der Waals surface area contributed by atoms with Gasteiger partial charge in [0.2, 0.25) is 0 Å². The van der Waals surface area contributed by atoms with E-state index in [2.05, 4.69) is 15.4 Å². The maximum atomic E-state index is 12.6. The van der Waals surface area contributed by atoms with E-state index in [9.17, 15) is 4.79 Å². The van der Waals surface area contributed by atoms with Gasteiger partial charge in [-0.25, -0.2) is 9.78 Å². The van der Waals surface area contributed by atoms with Crippen molar-refractivity contribution in [3.8, 4) is 0 Å². The van der Waals surface area contributed by atoms with Gasteiger partial charge in [0, 0.05) is 25.7 Å². The minimum atomic E-state index is -0.442. The molecule has 7 heteroatoms. The third-order valence-electron chi connectivity index (χ3n) is 5.32. The summed E-state index contributed by atoms with van der Waals surface area (Å²) < 4.78 is 7.43. The Hall–Kier alpha value is -1.63. The Labute approximate surface area is 150 Å². The lowest BCUT2D eigenvalue weighted by molar-refractivity contribution is 0.0166. The minimum absolute atomic E-state index is 0.158. The van der Waals surface area contributed by atoms with E-state index in [4.69, 9.17) is 4.74 Å². The number of carbonyl (C=O) groups excluding carboxylic acids is 1. The second kappa shape index (κ2) is 7.32. The van der Waals surface area contributed by atoms with Crippen molar-refractivity contribution in [1.82, 2.24) is 25.0 Å². The average molecular weight is 349 g/mol. The number of rotatable bonds is 4. The fraction of sp³-hybridized carbons (Fsp3) is 0.833. The molecule has 2 aliphatic rings. The van der Waals surface area contributed by atoms with Crippen molar-refractivity contribution in [3.05, 3.63) is 12.2 Å². The van der Waals surface area contributed by atoms with Gasteiger partial charge in [0.1, 0.15) is 17.8 Å². The molecule has 7 nitrogen and oxygen atoms in total. The van der Waals surface area contributed by atoms with Crippen LogP contribution >= 0.6 is 0 Å². The van der Waals surface area contributed by atoms with E-state index in [1.54, 1.807) is 11.0 Å². The van der Waals surface area contributed by atoms with Crippen LogP contribution in [-0.2, 0) is 18.3 Å². The summed E-state index contributed by atoms with van der Waals surface area (Å²) >= 11 is 0. The van der Waals surface area contributed by atoms with E-state index < -0.39 is 5.60 Å². The Kier molecular flexibility index (Phi) is 5.32. The smallest absolute Gasteiger partial charge is 0.410 e. The number of nitrogens with one attached hydrogen (secondary N) is 1. The molecule has 1 saturated carbocycles. The Morgan fingerprint density at radius 1 is 1.32 bits per heavy atom. The lowest BCUT2D eigenvalue weighted by Crippen LogP contribution is -2.47.